The van der Waals surface area contributed by atoms with Crippen LogP contribution in [-0.2, 0) is 17.6 Å². The highest BCUT2D eigenvalue weighted by Crippen LogP contribution is 2.40. The molecule has 34 heavy (non-hydrogen) atoms. The molecule has 0 radical (unpaired) electrons. The molecular weight excluding hydrogens is 416 g/mol. The molecule has 2 aromatic carbocycles. The third-order valence-electron chi connectivity index (χ3n) is 8.14. The fourth-order valence-corrected chi connectivity index (χ4v) is 6.04. The van der Waals surface area contributed by atoms with Crippen molar-refractivity contribution in [1.82, 2.24) is 0 Å². The molecule has 1 atom stereocenters. The molecule has 1 aliphatic carbocycles. The number of ether oxygens (including phenoxy) is 1. The Kier molecular flexibility index (Phi) is 11.1. The average Bonchev–Trinajstić information content (AvgIpc) is 2.85. The molecule has 1 N–H and O–H groups in total. The van der Waals surface area contributed by atoms with E-state index < -0.39 is 0 Å². The Morgan fingerprint density at radius 2 is 1.76 bits per heavy atom. The number of benzene rings is 2. The first-order chi connectivity index (χ1) is 16.6. The third kappa shape index (κ3) is 7.43. The van der Waals surface area contributed by atoms with Gasteiger partial charge in [0.15, 0.2) is 0 Å². The number of methoxy groups -OCH3 is 1. The maximum absolute atomic E-state index is 9.35. The Labute approximate surface area is 209 Å². The molecule has 1 aliphatic rings. The molecule has 1 unspecified atom stereocenters. The quantitative estimate of drug-likeness (QED) is 0.302. The van der Waals surface area contributed by atoms with Gasteiger partial charge in [0.1, 0.15) is 0 Å². The maximum Gasteiger partial charge on any atom is 0.0491 e. The van der Waals surface area contributed by atoms with Gasteiger partial charge in [-0.3, -0.25) is 0 Å². The molecule has 2 nitrogen and oxygen atoms in total. The molecule has 1 fully saturated rings. The van der Waals surface area contributed by atoms with Crippen molar-refractivity contribution in [1.29, 1.82) is 0 Å². The lowest BCUT2D eigenvalue weighted by atomic mass is 9.75. The van der Waals surface area contributed by atoms with Crippen LogP contribution >= 0.6 is 0 Å². The van der Waals surface area contributed by atoms with Gasteiger partial charge in [-0.1, -0.05) is 63.1 Å². The highest BCUT2D eigenvalue weighted by Gasteiger charge is 2.25. The number of rotatable bonds is 13. The van der Waals surface area contributed by atoms with Crippen molar-refractivity contribution in [3.8, 4) is 11.1 Å². The third-order valence-corrected chi connectivity index (χ3v) is 8.14. The first-order valence-electron chi connectivity index (χ1n) is 13.9. The zero-order chi connectivity index (χ0) is 24.3. The predicted octanol–water partition coefficient (Wildman–Crippen LogP) is 8.27. The molecule has 0 heterocycles. The average molecular weight is 465 g/mol. The number of hydrogen-bond acceptors (Lipinski definition) is 2. The Balaban J connectivity index is 1.65. The summed E-state index contributed by atoms with van der Waals surface area (Å²) < 4.78 is 5.39. The zero-order valence-electron chi connectivity index (χ0n) is 22.2. The first kappa shape index (κ1) is 27.0. The van der Waals surface area contributed by atoms with Crippen LogP contribution in [0.5, 0.6) is 0 Å². The van der Waals surface area contributed by atoms with E-state index in [2.05, 4.69) is 57.2 Å². The summed E-state index contributed by atoms with van der Waals surface area (Å²) >= 11 is 0. The molecule has 188 valence electrons. The van der Waals surface area contributed by atoms with E-state index in [1.807, 2.05) is 0 Å². The number of unbranched alkanes of at least 4 members (excludes halogenated alkanes) is 2. The van der Waals surface area contributed by atoms with E-state index in [0.29, 0.717) is 11.8 Å². The molecule has 2 aromatic rings. The number of hydrogen-bond donors (Lipinski definition) is 1. The smallest absolute Gasteiger partial charge is 0.0491 e. The highest BCUT2D eigenvalue weighted by atomic mass is 16.5. The standard InChI is InChI=1S/C32H48O2/c1-5-7-8-9-28-14-15-31(20-24(28)3)32-17-16-30(22-27(32)6-2)29-12-10-25(11-13-29)21-26(18-19-33)23-34-4/h14-17,20,22,25-26,29,33H,5-13,18-19,21,23H2,1-4H3. The maximum atomic E-state index is 9.35. The van der Waals surface area contributed by atoms with Gasteiger partial charge >= 0.3 is 0 Å². The lowest BCUT2D eigenvalue weighted by molar-refractivity contribution is 0.111. The lowest BCUT2D eigenvalue weighted by Gasteiger charge is -2.31. The van der Waals surface area contributed by atoms with Crippen LogP contribution in [0.2, 0.25) is 0 Å². The minimum Gasteiger partial charge on any atom is -0.396 e. The molecule has 0 aliphatic heterocycles. The predicted molar refractivity (Wildman–Crippen MR) is 146 cm³/mol. The van der Waals surface area contributed by atoms with Crippen LogP contribution in [0.1, 0.15) is 99.8 Å². The Morgan fingerprint density at radius 1 is 0.971 bits per heavy atom. The largest absolute Gasteiger partial charge is 0.396 e. The summed E-state index contributed by atoms with van der Waals surface area (Å²) in [6, 6.07) is 14.4. The Hall–Kier alpha value is -1.64. The monoisotopic (exact) mass is 464 g/mol. The molecule has 2 heteroatoms. The van der Waals surface area contributed by atoms with Crippen molar-refractivity contribution in [2.75, 3.05) is 20.3 Å². The minimum absolute atomic E-state index is 0.274. The SMILES string of the molecule is CCCCCc1ccc(-c2ccc(C3CCC(CC(CCO)COC)CC3)cc2CC)cc1C. The topological polar surface area (TPSA) is 29.5 Å². The highest BCUT2D eigenvalue weighted by molar-refractivity contribution is 5.69. The van der Waals surface area contributed by atoms with E-state index in [1.54, 1.807) is 7.11 Å². The van der Waals surface area contributed by atoms with Gasteiger partial charge < -0.3 is 9.84 Å². The summed E-state index contributed by atoms with van der Waals surface area (Å²) in [5.74, 6) is 1.98. The molecule has 0 saturated heterocycles. The van der Waals surface area contributed by atoms with Gasteiger partial charge in [-0.25, -0.2) is 0 Å². The van der Waals surface area contributed by atoms with Crippen LogP contribution < -0.4 is 0 Å². The Morgan fingerprint density at radius 3 is 2.41 bits per heavy atom. The second-order valence-corrected chi connectivity index (χ2v) is 10.7. The molecule has 0 bridgehead atoms. The van der Waals surface area contributed by atoms with Crippen LogP contribution in [0.25, 0.3) is 11.1 Å². The normalized spacial score (nSPS) is 19.3. The summed E-state index contributed by atoms with van der Waals surface area (Å²) in [6.45, 7) is 7.90. The van der Waals surface area contributed by atoms with Crippen molar-refractivity contribution in [2.45, 2.75) is 97.3 Å². The fraction of sp³-hybridized carbons (Fsp3) is 0.625. The van der Waals surface area contributed by atoms with Crippen LogP contribution in [0.4, 0.5) is 0 Å². The molecule has 3 rings (SSSR count). The second kappa shape index (κ2) is 14.0. The van der Waals surface area contributed by atoms with Crippen LogP contribution in [0.3, 0.4) is 0 Å². The van der Waals surface area contributed by atoms with E-state index in [1.165, 1.54) is 91.2 Å². The van der Waals surface area contributed by atoms with Gasteiger partial charge in [0.2, 0.25) is 0 Å². The van der Waals surface area contributed by atoms with Crippen LogP contribution in [-0.4, -0.2) is 25.4 Å². The van der Waals surface area contributed by atoms with Gasteiger partial charge in [-0.05, 0) is 116 Å². The van der Waals surface area contributed by atoms with E-state index in [-0.39, 0.29) is 6.61 Å². The number of aliphatic hydroxyl groups excluding tert-OH is 1. The van der Waals surface area contributed by atoms with E-state index >= 15 is 0 Å². The molecule has 0 aromatic heterocycles. The molecule has 0 amide bonds. The fourth-order valence-electron chi connectivity index (χ4n) is 6.04. The van der Waals surface area contributed by atoms with Crippen LogP contribution in [0, 0.1) is 18.8 Å². The van der Waals surface area contributed by atoms with Gasteiger partial charge in [0.25, 0.3) is 0 Å². The molecule has 1 saturated carbocycles. The van der Waals surface area contributed by atoms with Gasteiger partial charge in [0.05, 0.1) is 0 Å². The lowest BCUT2D eigenvalue weighted by Crippen LogP contribution is -2.19. The number of aryl methyl sites for hydroxylation is 3. The summed E-state index contributed by atoms with van der Waals surface area (Å²) in [7, 11) is 1.78. The van der Waals surface area contributed by atoms with Gasteiger partial charge in [-0.15, -0.1) is 0 Å². The van der Waals surface area contributed by atoms with Crippen molar-refractivity contribution < 1.29 is 9.84 Å². The van der Waals surface area contributed by atoms with Crippen molar-refractivity contribution in [3.05, 3.63) is 58.7 Å². The van der Waals surface area contributed by atoms with Gasteiger partial charge in [0, 0.05) is 20.3 Å². The second-order valence-electron chi connectivity index (χ2n) is 10.7. The van der Waals surface area contributed by atoms with Crippen LogP contribution in [0.15, 0.2) is 36.4 Å². The van der Waals surface area contributed by atoms with Gasteiger partial charge in [-0.2, -0.15) is 0 Å². The summed E-state index contributed by atoms with van der Waals surface area (Å²) in [5, 5.41) is 9.35. The van der Waals surface area contributed by atoms with E-state index in [0.717, 1.165) is 25.4 Å². The number of aliphatic hydroxyl groups is 1. The van der Waals surface area contributed by atoms with Crippen molar-refractivity contribution in [2.24, 2.45) is 11.8 Å². The van der Waals surface area contributed by atoms with Crippen molar-refractivity contribution >= 4 is 0 Å². The zero-order valence-corrected chi connectivity index (χ0v) is 22.2. The minimum atomic E-state index is 0.274. The summed E-state index contributed by atoms with van der Waals surface area (Å²) in [4.78, 5) is 0. The molecular formula is C32H48O2. The van der Waals surface area contributed by atoms with Crippen molar-refractivity contribution in [3.63, 3.8) is 0 Å². The Bertz CT molecular complexity index is 857. The van der Waals surface area contributed by atoms with E-state index in [4.69, 9.17) is 4.74 Å². The first-order valence-corrected chi connectivity index (χ1v) is 13.9. The van der Waals surface area contributed by atoms with E-state index in [9.17, 15) is 5.11 Å². The molecule has 0 spiro atoms. The summed E-state index contributed by atoms with van der Waals surface area (Å²) in [6.07, 6.45) is 13.4. The summed E-state index contributed by atoms with van der Waals surface area (Å²) in [5.41, 5.74) is 8.75.